The topological polar surface area (TPSA) is 36.4 Å². The monoisotopic (exact) mass is 293 g/mol. The van der Waals surface area contributed by atoms with Crippen molar-refractivity contribution in [3.05, 3.63) is 16.6 Å². The SMILES string of the molecule is CN1CCC[C@H]1[C@@H]1CCCN1C(=O)CCc1nccs1. The van der Waals surface area contributed by atoms with Crippen molar-refractivity contribution >= 4 is 17.2 Å². The van der Waals surface area contributed by atoms with Crippen LogP contribution in [0.3, 0.4) is 0 Å². The number of hydrogen-bond donors (Lipinski definition) is 0. The van der Waals surface area contributed by atoms with E-state index in [1.807, 2.05) is 11.6 Å². The highest BCUT2D eigenvalue weighted by Crippen LogP contribution is 2.29. The molecule has 110 valence electrons. The van der Waals surface area contributed by atoms with Gasteiger partial charge in [0.25, 0.3) is 0 Å². The van der Waals surface area contributed by atoms with Crippen molar-refractivity contribution in [1.29, 1.82) is 0 Å². The summed E-state index contributed by atoms with van der Waals surface area (Å²) in [5.74, 6) is 0.322. The van der Waals surface area contributed by atoms with Crippen LogP contribution in [0.25, 0.3) is 0 Å². The number of thiazole rings is 1. The minimum Gasteiger partial charge on any atom is -0.338 e. The summed E-state index contributed by atoms with van der Waals surface area (Å²) in [4.78, 5) is 21.4. The number of aryl methyl sites for hydroxylation is 1. The van der Waals surface area contributed by atoms with Crippen LogP contribution in [-0.4, -0.2) is 52.9 Å². The van der Waals surface area contributed by atoms with Crippen LogP contribution in [0.15, 0.2) is 11.6 Å². The Kier molecular flexibility index (Phi) is 4.36. The standard InChI is InChI=1S/C15H23N3OS/c1-17-9-2-4-12(17)13-5-3-10-18(13)15(19)7-6-14-16-8-11-20-14/h8,11-13H,2-7,9-10H2,1H3/t12-,13-/m0/s1. The second-order valence-electron chi connectivity index (χ2n) is 5.91. The highest BCUT2D eigenvalue weighted by atomic mass is 32.1. The fraction of sp³-hybridized carbons (Fsp3) is 0.733. The number of carbonyl (C=O) groups excluding carboxylic acids is 1. The number of carbonyl (C=O) groups is 1. The van der Waals surface area contributed by atoms with Crippen molar-refractivity contribution in [2.75, 3.05) is 20.1 Å². The largest absolute Gasteiger partial charge is 0.338 e. The van der Waals surface area contributed by atoms with Gasteiger partial charge in [-0.2, -0.15) is 0 Å². The third kappa shape index (κ3) is 2.88. The van der Waals surface area contributed by atoms with Gasteiger partial charge in [-0.15, -0.1) is 11.3 Å². The zero-order valence-electron chi connectivity index (χ0n) is 12.1. The van der Waals surface area contributed by atoms with E-state index in [1.165, 1.54) is 25.8 Å². The Hall–Kier alpha value is -0.940. The summed E-state index contributed by atoms with van der Waals surface area (Å²) in [5.41, 5.74) is 0. The quantitative estimate of drug-likeness (QED) is 0.853. The van der Waals surface area contributed by atoms with Crippen molar-refractivity contribution in [3.8, 4) is 0 Å². The van der Waals surface area contributed by atoms with Crippen LogP contribution in [-0.2, 0) is 11.2 Å². The first-order valence-corrected chi connectivity index (χ1v) is 8.52. The maximum Gasteiger partial charge on any atom is 0.223 e. The minimum absolute atomic E-state index is 0.322. The average Bonchev–Trinajstić information content (AvgIpc) is 3.16. The number of rotatable bonds is 4. The Bertz CT molecular complexity index is 448. The molecule has 2 atom stereocenters. The van der Waals surface area contributed by atoms with E-state index in [0.29, 0.717) is 24.4 Å². The molecule has 0 aliphatic carbocycles. The molecular formula is C15H23N3OS. The molecule has 0 bridgehead atoms. The Morgan fingerprint density at radius 2 is 2.15 bits per heavy atom. The molecule has 4 nitrogen and oxygen atoms in total. The molecule has 1 amide bonds. The third-order valence-corrected chi connectivity index (χ3v) is 5.52. The van der Waals surface area contributed by atoms with Gasteiger partial charge in [-0.3, -0.25) is 4.79 Å². The summed E-state index contributed by atoms with van der Waals surface area (Å²) in [7, 11) is 2.20. The predicted octanol–water partition coefficient (Wildman–Crippen LogP) is 2.16. The van der Waals surface area contributed by atoms with E-state index >= 15 is 0 Å². The van der Waals surface area contributed by atoms with E-state index in [-0.39, 0.29) is 0 Å². The highest BCUT2D eigenvalue weighted by molar-refractivity contribution is 7.09. The zero-order valence-corrected chi connectivity index (χ0v) is 12.9. The molecule has 2 saturated heterocycles. The molecule has 0 spiro atoms. The van der Waals surface area contributed by atoms with Gasteiger partial charge < -0.3 is 9.80 Å². The summed E-state index contributed by atoms with van der Waals surface area (Å²) in [6, 6.07) is 1.03. The summed E-state index contributed by atoms with van der Waals surface area (Å²) in [5, 5.41) is 3.05. The Morgan fingerprint density at radius 1 is 1.35 bits per heavy atom. The summed E-state index contributed by atoms with van der Waals surface area (Å²) in [6.45, 7) is 2.13. The second kappa shape index (κ2) is 6.22. The molecule has 1 aromatic heterocycles. The maximum absolute atomic E-state index is 12.5. The lowest BCUT2D eigenvalue weighted by Crippen LogP contribution is -2.47. The number of likely N-dealkylation sites (N-methyl/N-ethyl adjacent to an activating group) is 1. The van der Waals surface area contributed by atoms with Crippen molar-refractivity contribution < 1.29 is 4.79 Å². The summed E-state index contributed by atoms with van der Waals surface area (Å²) >= 11 is 1.64. The first-order valence-electron chi connectivity index (χ1n) is 7.64. The smallest absolute Gasteiger partial charge is 0.223 e. The van der Waals surface area contributed by atoms with Crippen LogP contribution >= 0.6 is 11.3 Å². The molecule has 1 aromatic rings. The van der Waals surface area contributed by atoms with Crippen LogP contribution in [0.5, 0.6) is 0 Å². The van der Waals surface area contributed by atoms with Crippen LogP contribution in [0.1, 0.15) is 37.1 Å². The number of nitrogens with zero attached hydrogens (tertiary/aromatic N) is 3. The Morgan fingerprint density at radius 3 is 2.85 bits per heavy atom. The molecule has 3 heterocycles. The number of aromatic nitrogens is 1. The van der Waals surface area contributed by atoms with E-state index in [1.54, 1.807) is 11.3 Å². The fourth-order valence-electron chi connectivity index (χ4n) is 3.66. The highest BCUT2D eigenvalue weighted by Gasteiger charge is 2.37. The van der Waals surface area contributed by atoms with Gasteiger partial charge in [0.1, 0.15) is 0 Å². The lowest BCUT2D eigenvalue weighted by atomic mass is 10.0. The molecule has 20 heavy (non-hydrogen) atoms. The molecule has 0 unspecified atom stereocenters. The fourth-order valence-corrected chi connectivity index (χ4v) is 4.28. The molecule has 5 heteroatoms. The van der Waals surface area contributed by atoms with Gasteiger partial charge in [0, 0.05) is 43.0 Å². The van der Waals surface area contributed by atoms with Gasteiger partial charge in [-0.1, -0.05) is 0 Å². The third-order valence-electron chi connectivity index (χ3n) is 4.68. The Balaban J connectivity index is 1.58. The summed E-state index contributed by atoms with van der Waals surface area (Å²) < 4.78 is 0. The van der Waals surface area contributed by atoms with Crippen molar-refractivity contribution in [3.63, 3.8) is 0 Å². The second-order valence-corrected chi connectivity index (χ2v) is 6.89. The first kappa shape index (κ1) is 14.0. The van der Waals surface area contributed by atoms with Gasteiger partial charge in [0.2, 0.25) is 5.91 Å². The van der Waals surface area contributed by atoms with E-state index in [9.17, 15) is 4.79 Å². The molecule has 0 saturated carbocycles. The van der Waals surface area contributed by atoms with Gasteiger partial charge in [-0.25, -0.2) is 4.98 Å². The molecule has 0 aromatic carbocycles. The van der Waals surface area contributed by atoms with Gasteiger partial charge in [-0.05, 0) is 39.3 Å². The molecule has 3 rings (SSSR count). The van der Waals surface area contributed by atoms with Crippen molar-refractivity contribution in [1.82, 2.24) is 14.8 Å². The molecule has 0 radical (unpaired) electrons. The molecule has 2 aliphatic heterocycles. The number of hydrogen-bond acceptors (Lipinski definition) is 4. The average molecular weight is 293 g/mol. The molecule has 2 aliphatic rings. The minimum atomic E-state index is 0.322. The van der Waals surface area contributed by atoms with E-state index in [0.717, 1.165) is 24.4 Å². The van der Waals surface area contributed by atoms with Crippen LogP contribution < -0.4 is 0 Å². The van der Waals surface area contributed by atoms with Gasteiger partial charge in [0.15, 0.2) is 0 Å². The van der Waals surface area contributed by atoms with E-state index < -0.39 is 0 Å². The predicted molar refractivity (Wildman–Crippen MR) is 80.8 cm³/mol. The number of likely N-dealkylation sites (tertiary alicyclic amines) is 2. The van der Waals surface area contributed by atoms with Crippen LogP contribution in [0.4, 0.5) is 0 Å². The maximum atomic E-state index is 12.5. The van der Waals surface area contributed by atoms with Crippen LogP contribution in [0.2, 0.25) is 0 Å². The van der Waals surface area contributed by atoms with Crippen molar-refractivity contribution in [2.24, 2.45) is 0 Å². The number of amides is 1. The lowest BCUT2D eigenvalue weighted by Gasteiger charge is -2.33. The molecule has 0 N–H and O–H groups in total. The normalized spacial score (nSPS) is 27.4. The van der Waals surface area contributed by atoms with Crippen molar-refractivity contribution in [2.45, 2.75) is 50.6 Å². The zero-order chi connectivity index (χ0) is 13.9. The van der Waals surface area contributed by atoms with Gasteiger partial charge in [0.05, 0.1) is 5.01 Å². The van der Waals surface area contributed by atoms with Crippen LogP contribution in [0, 0.1) is 0 Å². The first-order chi connectivity index (χ1) is 9.75. The lowest BCUT2D eigenvalue weighted by molar-refractivity contribution is -0.132. The van der Waals surface area contributed by atoms with E-state index in [2.05, 4.69) is 21.8 Å². The van der Waals surface area contributed by atoms with E-state index in [4.69, 9.17) is 0 Å². The Labute approximate surface area is 124 Å². The summed E-state index contributed by atoms with van der Waals surface area (Å²) in [6.07, 6.45) is 8.09. The van der Waals surface area contributed by atoms with Gasteiger partial charge >= 0.3 is 0 Å². The molecule has 2 fully saturated rings. The molecular weight excluding hydrogens is 270 g/mol.